The normalized spacial score (nSPS) is 38.6. The molecule has 14 saturated carbocycles. The van der Waals surface area contributed by atoms with Crippen LogP contribution in [0.2, 0.25) is 0 Å². The van der Waals surface area contributed by atoms with E-state index in [0.717, 1.165) is 180 Å². The van der Waals surface area contributed by atoms with Crippen LogP contribution in [0, 0.1) is 90.2 Å². The van der Waals surface area contributed by atoms with E-state index >= 15 is 0 Å². The second-order valence-corrected chi connectivity index (χ2v) is 31.4. The van der Waals surface area contributed by atoms with Crippen LogP contribution in [-0.2, 0) is 66.7 Å². The Kier molecular flexibility index (Phi) is 15.4. The summed E-state index contributed by atoms with van der Waals surface area (Å²) >= 11 is 0. The minimum absolute atomic E-state index is 0.0108. The van der Waals surface area contributed by atoms with Gasteiger partial charge in [0.25, 0.3) is 0 Å². The summed E-state index contributed by atoms with van der Waals surface area (Å²) < 4.78 is 41.3. The van der Waals surface area contributed by atoms with Crippen LogP contribution in [0.15, 0.2) is 85.1 Å². The maximum Gasteiger partial charge on any atom is 0.334 e. The van der Waals surface area contributed by atoms with E-state index in [2.05, 4.69) is 46.1 Å². The molecule has 14 aliphatic carbocycles. The van der Waals surface area contributed by atoms with Crippen molar-refractivity contribution in [1.82, 2.24) is 0 Å². The molecule has 14 aliphatic rings. The van der Waals surface area contributed by atoms with Gasteiger partial charge >= 0.3 is 41.8 Å². The molecule has 14 fully saturated rings. The van der Waals surface area contributed by atoms with E-state index in [1.807, 2.05) is 6.92 Å². The van der Waals surface area contributed by atoms with E-state index in [1.165, 1.54) is 0 Å². The molecule has 14 nitrogen and oxygen atoms in total. The fraction of sp³-hybridized carbons (Fsp3) is 0.716. The van der Waals surface area contributed by atoms with Crippen molar-refractivity contribution in [2.75, 3.05) is 46.2 Å². The molecule has 0 heterocycles. The van der Waals surface area contributed by atoms with Crippen molar-refractivity contribution >= 4 is 41.8 Å². The van der Waals surface area contributed by atoms with Crippen molar-refractivity contribution in [3.8, 4) is 0 Å². The summed E-state index contributed by atoms with van der Waals surface area (Å²) in [5.74, 6) is 0.281. The van der Waals surface area contributed by atoms with Gasteiger partial charge in [-0.1, -0.05) is 97.9 Å². The molecule has 0 aromatic heterocycles. The highest BCUT2D eigenvalue weighted by Crippen LogP contribution is 2.72. The van der Waals surface area contributed by atoms with Gasteiger partial charge in [0.15, 0.2) is 0 Å². The van der Waals surface area contributed by atoms with Crippen molar-refractivity contribution in [2.24, 2.45) is 90.2 Å². The third-order valence-electron chi connectivity index (χ3n) is 27.1. The molecular weight excluding hydrogens is 1110 g/mol. The summed E-state index contributed by atoms with van der Waals surface area (Å²) in [7, 11) is 0. The minimum atomic E-state index is -1.36. The largest absolute Gasteiger partial charge is 0.461 e. The van der Waals surface area contributed by atoms with Crippen molar-refractivity contribution in [3.63, 3.8) is 0 Å². The van der Waals surface area contributed by atoms with Crippen LogP contribution in [0.3, 0.4) is 0 Å². The number of esters is 7. The van der Waals surface area contributed by atoms with E-state index in [0.29, 0.717) is 86.9 Å². The molecule has 14 unspecified atom stereocenters. The predicted octanol–water partition coefficient (Wildman–Crippen LogP) is 13.4. The zero-order valence-corrected chi connectivity index (χ0v) is 52.7. The molecule has 0 amide bonds. The van der Waals surface area contributed by atoms with Gasteiger partial charge in [-0.2, -0.15) is 0 Å². The van der Waals surface area contributed by atoms with Gasteiger partial charge in [-0.05, 0) is 183 Å². The standard InChI is InChI=1S/C41H52O8.C33H44O6/c1-25(38-13-5-9-29(38)17-38)33(42)46-21-37(22-47-34(43)26(2)39-14-6-10-30(39)18-39,23-48-35(44)27(3)40-15-7-11-31(40)19-40)24-49-36(45)28(4)41-16-8-12-32(41)20-41;1-5-30(18-37-27(34)21(2)31-12-6-9-24(31)15-31,19-38-28(35)22(3)32-13-7-10-25(32)16-32)20-39-29(36)23(4)33-14-8-11-26(33)17-33/h29-32H,1-24H2;24-26H,2-20H2,1H3. The molecule has 14 heteroatoms. The van der Waals surface area contributed by atoms with Crippen LogP contribution >= 0.6 is 0 Å². The van der Waals surface area contributed by atoms with E-state index in [4.69, 9.17) is 33.2 Å². The molecule has 88 heavy (non-hydrogen) atoms. The van der Waals surface area contributed by atoms with Crippen LogP contribution in [0.25, 0.3) is 0 Å². The number of carbonyl (C=O) groups excluding carboxylic acids is 7. The Balaban J connectivity index is 0.000000167. The van der Waals surface area contributed by atoms with Crippen molar-refractivity contribution < 1.29 is 66.7 Å². The lowest BCUT2D eigenvalue weighted by Gasteiger charge is -2.33. The van der Waals surface area contributed by atoms with E-state index < -0.39 is 34.7 Å². The van der Waals surface area contributed by atoms with Crippen LogP contribution < -0.4 is 0 Å². The SMILES string of the molecule is C=C(C(=O)OCC(CC)(COC(=O)C(=C)C12CCCC1C2)COC(=O)C(=C)C12CCCC1C2)C12CCCC1C2.C=C(C(=O)OCC(COC(=O)C(=C)C12CCCC1C2)(COC(=O)C(=C)C12CCCC1C2)COC(=O)C(=C)C12CCCC1C2)C12CCCC1C2. The number of ether oxygens (including phenoxy) is 7. The van der Waals surface area contributed by atoms with Crippen molar-refractivity contribution in [1.29, 1.82) is 0 Å². The quantitative estimate of drug-likeness (QED) is 0.0391. The zero-order chi connectivity index (χ0) is 62.0. The number of fused-ring (bicyclic) bond motifs is 7. The first-order valence-corrected chi connectivity index (χ1v) is 34.1. The summed E-state index contributed by atoms with van der Waals surface area (Å²) in [6, 6.07) is 0. The predicted molar refractivity (Wildman–Crippen MR) is 327 cm³/mol. The van der Waals surface area contributed by atoms with Gasteiger partial charge in [0.1, 0.15) is 51.7 Å². The maximum atomic E-state index is 13.5. The Labute approximate surface area is 520 Å². The van der Waals surface area contributed by atoms with Gasteiger partial charge in [0, 0.05) is 76.9 Å². The second-order valence-electron chi connectivity index (χ2n) is 31.4. The number of hydrogen-bond donors (Lipinski definition) is 0. The highest BCUT2D eigenvalue weighted by molar-refractivity contribution is 5.94. The van der Waals surface area contributed by atoms with Crippen LogP contribution in [0.4, 0.5) is 0 Å². The first-order valence-electron chi connectivity index (χ1n) is 34.1. The first-order chi connectivity index (χ1) is 42.0. The molecule has 0 saturated heterocycles. The molecule has 0 aromatic rings. The summed E-state index contributed by atoms with van der Waals surface area (Å²) in [6.07, 6.45) is 29.4. The molecule has 0 N–H and O–H groups in total. The van der Waals surface area contributed by atoms with Gasteiger partial charge in [-0.15, -0.1) is 0 Å². The smallest absolute Gasteiger partial charge is 0.334 e. The third kappa shape index (κ3) is 10.4. The molecule has 0 aliphatic heterocycles. The number of rotatable bonds is 29. The Morgan fingerprint density at radius 2 is 0.432 bits per heavy atom. The molecule has 0 radical (unpaired) electrons. The molecule has 476 valence electrons. The van der Waals surface area contributed by atoms with Gasteiger partial charge in [-0.25, -0.2) is 33.6 Å². The Hall–Kier alpha value is -5.53. The van der Waals surface area contributed by atoms with Crippen LogP contribution in [-0.4, -0.2) is 88.0 Å². The average molecular weight is 1210 g/mol. The molecule has 14 rings (SSSR count). The lowest BCUT2D eigenvalue weighted by atomic mass is 9.87. The van der Waals surface area contributed by atoms with Crippen molar-refractivity contribution in [3.05, 3.63) is 85.1 Å². The van der Waals surface area contributed by atoms with Gasteiger partial charge < -0.3 is 33.2 Å². The monoisotopic (exact) mass is 1210 g/mol. The van der Waals surface area contributed by atoms with Gasteiger partial charge in [0.05, 0.1) is 5.41 Å². The van der Waals surface area contributed by atoms with E-state index in [9.17, 15) is 33.6 Å². The van der Waals surface area contributed by atoms with Gasteiger partial charge in [-0.3, -0.25) is 0 Å². The molecule has 0 aromatic carbocycles. The number of hydrogen-bond acceptors (Lipinski definition) is 14. The minimum Gasteiger partial charge on any atom is -0.461 e. The summed E-state index contributed by atoms with van der Waals surface area (Å²) in [5, 5.41) is 0. The Morgan fingerprint density at radius 1 is 0.284 bits per heavy atom. The highest BCUT2D eigenvalue weighted by Gasteiger charge is 2.66. The van der Waals surface area contributed by atoms with Crippen LogP contribution in [0.1, 0.15) is 193 Å². The number of carbonyl (C=O) groups is 7. The average Bonchev–Trinajstić information content (AvgIpc) is 1.82. The fourth-order valence-corrected chi connectivity index (χ4v) is 20.0. The summed E-state index contributed by atoms with van der Waals surface area (Å²) in [6.45, 7) is 29.7. The Morgan fingerprint density at radius 3 is 0.545 bits per heavy atom. The lowest BCUT2D eigenvalue weighted by molar-refractivity contribution is -0.167. The highest BCUT2D eigenvalue weighted by atomic mass is 16.6. The lowest BCUT2D eigenvalue weighted by Crippen LogP contribution is -2.45. The Bertz CT molecular complexity index is 2720. The zero-order valence-electron chi connectivity index (χ0n) is 52.7. The van der Waals surface area contributed by atoms with E-state index in [1.54, 1.807) is 0 Å². The molecule has 0 bridgehead atoms. The summed E-state index contributed by atoms with van der Waals surface area (Å²) in [4.78, 5) is 93.4. The maximum absolute atomic E-state index is 13.5. The first kappa shape index (κ1) is 61.3. The van der Waals surface area contributed by atoms with Crippen molar-refractivity contribution in [2.45, 2.75) is 193 Å². The van der Waals surface area contributed by atoms with Gasteiger partial charge in [0.2, 0.25) is 0 Å². The van der Waals surface area contributed by atoms with Crippen LogP contribution in [0.5, 0.6) is 0 Å². The molecular formula is C74H96O14. The molecule has 14 atom stereocenters. The second kappa shape index (κ2) is 22.1. The summed E-state index contributed by atoms with van der Waals surface area (Å²) in [5.41, 5.74) is 0.307. The molecule has 0 spiro atoms. The topological polar surface area (TPSA) is 184 Å². The van der Waals surface area contributed by atoms with E-state index in [-0.39, 0.29) is 102 Å². The third-order valence-corrected chi connectivity index (χ3v) is 27.1. The fourth-order valence-electron chi connectivity index (χ4n) is 20.0.